The molecule has 0 aliphatic heterocycles. The maximum Gasteiger partial charge on any atom is 0.207 e. The number of nitrogens with one attached hydrogen (secondary N) is 1. The quantitative estimate of drug-likeness (QED) is 0.785. The molecule has 0 spiro atoms. The fraction of sp³-hybridized carbons (Fsp3) is 0.750. The lowest BCUT2D eigenvalue weighted by molar-refractivity contribution is 0.205. The van der Waals surface area contributed by atoms with Crippen molar-refractivity contribution < 1.29 is 4.74 Å². The first-order valence-corrected chi connectivity index (χ1v) is 5.85. The van der Waals surface area contributed by atoms with Gasteiger partial charge in [-0.2, -0.15) is 0 Å². The zero-order valence-corrected chi connectivity index (χ0v) is 9.66. The van der Waals surface area contributed by atoms with Crippen LogP contribution in [0.3, 0.4) is 0 Å². The van der Waals surface area contributed by atoms with E-state index >= 15 is 0 Å². The van der Waals surface area contributed by atoms with Crippen molar-refractivity contribution in [3.05, 3.63) is 3.95 Å². The first kappa shape index (κ1) is 10.1. The van der Waals surface area contributed by atoms with Gasteiger partial charge in [0.05, 0.1) is 6.61 Å². The number of H-pyrrole nitrogens is 1. The molecule has 1 fully saturated rings. The lowest BCUT2D eigenvalue weighted by Gasteiger charge is -2.19. The van der Waals surface area contributed by atoms with Crippen LogP contribution in [0.15, 0.2) is 0 Å². The Labute approximate surface area is 91.9 Å². The number of methoxy groups -OCH3 is 1. The van der Waals surface area contributed by atoms with Crippen molar-refractivity contribution in [3.8, 4) is 0 Å². The van der Waals surface area contributed by atoms with Gasteiger partial charge in [-0.1, -0.05) is 11.3 Å². The Kier molecular flexibility index (Phi) is 3.15. The molecule has 1 aliphatic carbocycles. The van der Waals surface area contributed by atoms with E-state index in [1.165, 1.54) is 24.2 Å². The lowest BCUT2D eigenvalue weighted by Crippen LogP contribution is -2.29. The van der Waals surface area contributed by atoms with Crippen LogP contribution < -0.4 is 4.90 Å². The molecule has 6 heteroatoms. The van der Waals surface area contributed by atoms with Gasteiger partial charge in [-0.05, 0) is 25.1 Å². The first-order valence-electron chi connectivity index (χ1n) is 4.62. The Morgan fingerprint density at radius 2 is 2.50 bits per heavy atom. The molecule has 0 saturated heterocycles. The average molecular weight is 231 g/mol. The van der Waals surface area contributed by atoms with E-state index in [9.17, 15) is 0 Å². The minimum atomic E-state index is 0.652. The Balaban J connectivity index is 2.05. The Hall–Kier alpha value is -0.460. The van der Waals surface area contributed by atoms with Crippen molar-refractivity contribution >= 4 is 28.7 Å². The van der Waals surface area contributed by atoms with E-state index in [1.807, 2.05) is 0 Å². The van der Waals surface area contributed by atoms with E-state index in [4.69, 9.17) is 17.0 Å². The molecule has 0 atom stereocenters. The molecule has 2 rings (SSSR count). The molecular weight excluding hydrogens is 218 g/mol. The van der Waals surface area contributed by atoms with Crippen molar-refractivity contribution in [1.82, 2.24) is 10.2 Å². The number of hydrogen-bond donors (Lipinski definition) is 1. The SMILES string of the molecule is COCCN(c1n[nH]c(=S)s1)C1CC1. The summed E-state index contributed by atoms with van der Waals surface area (Å²) in [6.45, 7) is 1.64. The number of rotatable bonds is 5. The fourth-order valence-corrected chi connectivity index (χ4v) is 2.33. The second-order valence-corrected chi connectivity index (χ2v) is 4.96. The van der Waals surface area contributed by atoms with Crippen LogP contribution in [0.2, 0.25) is 0 Å². The van der Waals surface area contributed by atoms with Crippen LogP contribution in [0, 0.1) is 3.95 Å². The summed E-state index contributed by atoms with van der Waals surface area (Å²) in [4.78, 5) is 2.28. The molecule has 0 unspecified atom stereocenters. The van der Waals surface area contributed by atoms with Crippen LogP contribution in [-0.2, 0) is 4.74 Å². The van der Waals surface area contributed by atoms with Gasteiger partial charge in [0.2, 0.25) is 5.13 Å². The minimum absolute atomic E-state index is 0.652. The molecular formula is C8H13N3OS2. The third-order valence-electron chi connectivity index (χ3n) is 2.20. The molecule has 1 N–H and O–H groups in total. The number of ether oxygens (including phenoxy) is 1. The molecule has 14 heavy (non-hydrogen) atoms. The predicted octanol–water partition coefficient (Wildman–Crippen LogP) is 1.82. The maximum atomic E-state index is 5.08. The Morgan fingerprint density at radius 1 is 1.71 bits per heavy atom. The average Bonchev–Trinajstić information content (AvgIpc) is 2.91. The first-order chi connectivity index (χ1) is 6.81. The molecule has 0 amide bonds. The molecule has 78 valence electrons. The fourth-order valence-electron chi connectivity index (χ4n) is 1.36. The van der Waals surface area contributed by atoms with Gasteiger partial charge in [-0.15, -0.1) is 5.10 Å². The zero-order valence-electron chi connectivity index (χ0n) is 8.02. The van der Waals surface area contributed by atoms with Crippen LogP contribution >= 0.6 is 23.6 Å². The highest BCUT2D eigenvalue weighted by molar-refractivity contribution is 7.73. The van der Waals surface area contributed by atoms with E-state index in [0.29, 0.717) is 6.04 Å². The highest BCUT2D eigenvalue weighted by Crippen LogP contribution is 2.32. The van der Waals surface area contributed by atoms with Crippen LogP contribution in [0.5, 0.6) is 0 Å². The van der Waals surface area contributed by atoms with Gasteiger partial charge >= 0.3 is 0 Å². The summed E-state index contributed by atoms with van der Waals surface area (Å²) >= 11 is 6.55. The topological polar surface area (TPSA) is 41.1 Å². The molecule has 1 aromatic heterocycles. The molecule has 1 heterocycles. The summed E-state index contributed by atoms with van der Waals surface area (Å²) in [5.74, 6) is 0. The van der Waals surface area contributed by atoms with E-state index in [-0.39, 0.29) is 0 Å². The summed E-state index contributed by atoms with van der Waals surface area (Å²) in [6.07, 6.45) is 2.52. The van der Waals surface area contributed by atoms with E-state index in [1.54, 1.807) is 7.11 Å². The van der Waals surface area contributed by atoms with Gasteiger partial charge < -0.3 is 9.64 Å². The third kappa shape index (κ3) is 2.31. The molecule has 0 aromatic carbocycles. The minimum Gasteiger partial charge on any atom is -0.383 e. The second kappa shape index (κ2) is 4.37. The molecule has 1 aromatic rings. The Bertz CT molecular complexity index is 344. The molecule has 0 radical (unpaired) electrons. The lowest BCUT2D eigenvalue weighted by atomic mass is 10.5. The summed E-state index contributed by atoms with van der Waals surface area (Å²) < 4.78 is 5.82. The van der Waals surface area contributed by atoms with Gasteiger partial charge in [-0.3, -0.25) is 5.10 Å². The second-order valence-electron chi connectivity index (χ2n) is 3.31. The van der Waals surface area contributed by atoms with E-state index in [2.05, 4.69) is 15.1 Å². The van der Waals surface area contributed by atoms with Crippen LogP contribution in [0.4, 0.5) is 5.13 Å². The van der Waals surface area contributed by atoms with Crippen LogP contribution in [0.1, 0.15) is 12.8 Å². The van der Waals surface area contributed by atoms with Crippen LogP contribution in [0.25, 0.3) is 0 Å². The summed E-state index contributed by atoms with van der Waals surface area (Å²) in [5.41, 5.74) is 0. The van der Waals surface area contributed by atoms with Gasteiger partial charge in [0.15, 0.2) is 3.95 Å². The highest BCUT2D eigenvalue weighted by atomic mass is 32.1. The third-order valence-corrected chi connectivity index (χ3v) is 3.32. The van der Waals surface area contributed by atoms with Gasteiger partial charge in [-0.25, -0.2) is 0 Å². The van der Waals surface area contributed by atoms with Crippen molar-refractivity contribution in [2.24, 2.45) is 0 Å². The monoisotopic (exact) mass is 231 g/mol. The Morgan fingerprint density at radius 3 is 3.00 bits per heavy atom. The largest absolute Gasteiger partial charge is 0.383 e. The highest BCUT2D eigenvalue weighted by Gasteiger charge is 2.30. The van der Waals surface area contributed by atoms with E-state index < -0.39 is 0 Å². The summed E-state index contributed by atoms with van der Waals surface area (Å²) in [5, 5.41) is 7.99. The summed E-state index contributed by atoms with van der Waals surface area (Å²) in [6, 6.07) is 0.652. The predicted molar refractivity (Wildman–Crippen MR) is 59.5 cm³/mol. The molecule has 0 bridgehead atoms. The number of aromatic nitrogens is 2. The van der Waals surface area contributed by atoms with Crippen LogP contribution in [-0.4, -0.2) is 36.5 Å². The molecule has 4 nitrogen and oxygen atoms in total. The van der Waals surface area contributed by atoms with Crippen molar-refractivity contribution in [1.29, 1.82) is 0 Å². The normalized spacial score (nSPS) is 15.8. The molecule has 1 saturated carbocycles. The summed E-state index contributed by atoms with van der Waals surface area (Å²) in [7, 11) is 1.72. The van der Waals surface area contributed by atoms with Gasteiger partial charge in [0, 0.05) is 19.7 Å². The van der Waals surface area contributed by atoms with Crippen molar-refractivity contribution in [2.75, 3.05) is 25.2 Å². The van der Waals surface area contributed by atoms with Gasteiger partial charge in [0.1, 0.15) is 0 Å². The number of anilines is 1. The zero-order chi connectivity index (χ0) is 9.97. The van der Waals surface area contributed by atoms with Crippen molar-refractivity contribution in [2.45, 2.75) is 18.9 Å². The van der Waals surface area contributed by atoms with Gasteiger partial charge in [0.25, 0.3) is 0 Å². The number of nitrogens with zero attached hydrogens (tertiary/aromatic N) is 2. The standard InChI is InChI=1S/C8H13N3OS2/c1-12-5-4-11(6-2-3-6)7-9-10-8(13)14-7/h6H,2-5H2,1H3,(H,10,13). The maximum absolute atomic E-state index is 5.08. The van der Waals surface area contributed by atoms with Crippen molar-refractivity contribution in [3.63, 3.8) is 0 Å². The number of aromatic amines is 1. The number of hydrogen-bond acceptors (Lipinski definition) is 5. The smallest absolute Gasteiger partial charge is 0.207 e. The van der Waals surface area contributed by atoms with E-state index in [0.717, 1.165) is 22.2 Å². The molecule has 1 aliphatic rings.